The van der Waals surface area contributed by atoms with E-state index in [0.717, 1.165) is 10.2 Å². The topological polar surface area (TPSA) is 32.3 Å². The Bertz CT molecular complexity index is 567. The van der Waals surface area contributed by atoms with E-state index in [1.165, 1.54) is 6.07 Å². The maximum Gasteiger partial charge on any atom is 0.128 e. The summed E-state index contributed by atoms with van der Waals surface area (Å²) >= 11 is 3.38. The predicted molar refractivity (Wildman–Crippen MR) is 83.2 cm³/mol. The molecule has 0 saturated heterocycles. The minimum absolute atomic E-state index is 0.180. The zero-order valence-corrected chi connectivity index (χ0v) is 12.8. The summed E-state index contributed by atoms with van der Waals surface area (Å²) in [5.74, 6) is -0.312. The van der Waals surface area contributed by atoms with E-state index in [1.807, 2.05) is 31.2 Å². The van der Waals surface area contributed by atoms with Crippen LogP contribution in [-0.4, -0.2) is 11.7 Å². The lowest BCUT2D eigenvalue weighted by Crippen LogP contribution is -2.39. The highest BCUT2D eigenvalue weighted by atomic mass is 79.9. The van der Waals surface area contributed by atoms with Crippen LogP contribution < -0.4 is 5.32 Å². The third-order valence-electron chi connectivity index (χ3n) is 3.49. The third-order valence-corrected chi connectivity index (χ3v) is 4.02. The molecule has 0 bridgehead atoms. The van der Waals surface area contributed by atoms with Gasteiger partial charge in [0.05, 0.1) is 12.1 Å². The monoisotopic (exact) mass is 337 g/mol. The normalized spacial score (nSPS) is 13.8. The Kier molecular flexibility index (Phi) is 4.78. The van der Waals surface area contributed by atoms with Crippen LogP contribution in [-0.2, 0) is 5.54 Å². The van der Waals surface area contributed by atoms with Gasteiger partial charge in [-0.05, 0) is 36.8 Å². The Morgan fingerprint density at radius 3 is 2.35 bits per heavy atom. The van der Waals surface area contributed by atoms with Crippen molar-refractivity contribution in [2.75, 3.05) is 11.9 Å². The first-order valence-electron chi connectivity index (χ1n) is 6.51. The van der Waals surface area contributed by atoms with Gasteiger partial charge in [0, 0.05) is 15.7 Å². The van der Waals surface area contributed by atoms with E-state index in [4.69, 9.17) is 0 Å². The van der Waals surface area contributed by atoms with Gasteiger partial charge in [-0.1, -0.05) is 41.1 Å². The summed E-state index contributed by atoms with van der Waals surface area (Å²) in [5, 5.41) is 13.1. The zero-order valence-electron chi connectivity index (χ0n) is 11.2. The van der Waals surface area contributed by atoms with Crippen molar-refractivity contribution in [3.63, 3.8) is 0 Å². The van der Waals surface area contributed by atoms with Crippen LogP contribution in [0, 0.1) is 5.82 Å². The molecule has 2 aromatic rings. The van der Waals surface area contributed by atoms with Gasteiger partial charge in [0.1, 0.15) is 5.82 Å². The first-order valence-corrected chi connectivity index (χ1v) is 7.30. The molecule has 0 radical (unpaired) electrons. The Labute approximate surface area is 126 Å². The van der Waals surface area contributed by atoms with E-state index in [-0.39, 0.29) is 12.4 Å². The van der Waals surface area contributed by atoms with Gasteiger partial charge in [-0.2, -0.15) is 0 Å². The van der Waals surface area contributed by atoms with Crippen molar-refractivity contribution in [3.8, 4) is 0 Å². The summed E-state index contributed by atoms with van der Waals surface area (Å²) in [5.41, 5.74) is 0.499. The number of aliphatic hydroxyl groups excluding tert-OH is 1. The van der Waals surface area contributed by atoms with Gasteiger partial charge in [-0.3, -0.25) is 0 Å². The number of rotatable bonds is 5. The summed E-state index contributed by atoms with van der Waals surface area (Å²) in [6.07, 6.45) is 0.570. The summed E-state index contributed by atoms with van der Waals surface area (Å²) in [7, 11) is 0. The quantitative estimate of drug-likeness (QED) is 0.852. The molecule has 1 unspecified atom stereocenters. The summed E-state index contributed by atoms with van der Waals surface area (Å²) in [4.78, 5) is 0. The number of anilines is 1. The van der Waals surface area contributed by atoms with Crippen LogP contribution in [0.15, 0.2) is 53.0 Å². The molecular weight excluding hydrogens is 321 g/mol. The number of aliphatic hydroxyl groups is 1. The first-order chi connectivity index (χ1) is 9.61. The highest BCUT2D eigenvalue weighted by molar-refractivity contribution is 9.10. The van der Waals surface area contributed by atoms with Crippen molar-refractivity contribution < 1.29 is 9.50 Å². The zero-order chi connectivity index (χ0) is 14.6. The van der Waals surface area contributed by atoms with Gasteiger partial charge in [0.15, 0.2) is 0 Å². The van der Waals surface area contributed by atoms with E-state index >= 15 is 0 Å². The highest BCUT2D eigenvalue weighted by Gasteiger charge is 2.32. The van der Waals surface area contributed by atoms with Gasteiger partial charge in [-0.15, -0.1) is 0 Å². The minimum Gasteiger partial charge on any atom is -0.394 e. The average Bonchev–Trinajstić information content (AvgIpc) is 2.48. The highest BCUT2D eigenvalue weighted by Crippen LogP contribution is 2.31. The molecule has 4 heteroatoms. The first kappa shape index (κ1) is 15.0. The van der Waals surface area contributed by atoms with E-state index in [9.17, 15) is 9.50 Å². The maximum atomic E-state index is 14.1. The van der Waals surface area contributed by atoms with Crippen LogP contribution >= 0.6 is 15.9 Å². The minimum atomic E-state index is -0.820. The second-order valence-corrected chi connectivity index (χ2v) is 5.62. The molecule has 0 heterocycles. The van der Waals surface area contributed by atoms with E-state index in [0.29, 0.717) is 12.0 Å². The van der Waals surface area contributed by atoms with Crippen LogP contribution in [0.5, 0.6) is 0 Å². The smallest absolute Gasteiger partial charge is 0.128 e. The molecule has 0 fully saturated rings. The van der Waals surface area contributed by atoms with Crippen LogP contribution in [0.2, 0.25) is 0 Å². The van der Waals surface area contributed by atoms with E-state index in [1.54, 1.807) is 18.2 Å². The number of halogens is 2. The maximum absolute atomic E-state index is 14.1. The second kappa shape index (κ2) is 6.37. The van der Waals surface area contributed by atoms with Crippen molar-refractivity contribution in [2.45, 2.75) is 18.9 Å². The van der Waals surface area contributed by atoms with Crippen molar-refractivity contribution in [3.05, 3.63) is 64.4 Å². The summed E-state index contributed by atoms with van der Waals surface area (Å²) < 4.78 is 15.0. The molecule has 0 aromatic heterocycles. The molecular formula is C16H17BrFNO. The number of benzene rings is 2. The van der Waals surface area contributed by atoms with E-state index < -0.39 is 5.54 Å². The predicted octanol–water partition coefficient (Wildman–Crippen LogP) is 4.30. The van der Waals surface area contributed by atoms with Crippen molar-refractivity contribution >= 4 is 21.6 Å². The molecule has 2 N–H and O–H groups in total. The molecule has 0 aliphatic carbocycles. The molecule has 0 aliphatic heterocycles. The lowest BCUT2D eigenvalue weighted by molar-refractivity contribution is 0.204. The SMILES string of the molecule is CCC(CO)(Nc1ccc(Br)cc1)c1ccccc1F. The third kappa shape index (κ3) is 3.02. The number of nitrogens with one attached hydrogen (secondary N) is 1. The van der Waals surface area contributed by atoms with Crippen molar-refractivity contribution in [2.24, 2.45) is 0 Å². The molecule has 0 amide bonds. The lowest BCUT2D eigenvalue weighted by Gasteiger charge is -2.34. The average molecular weight is 338 g/mol. The lowest BCUT2D eigenvalue weighted by atomic mass is 9.87. The van der Waals surface area contributed by atoms with Crippen LogP contribution in [0.25, 0.3) is 0 Å². The number of hydrogen-bond donors (Lipinski definition) is 2. The van der Waals surface area contributed by atoms with Gasteiger partial charge in [0.25, 0.3) is 0 Å². The molecule has 0 spiro atoms. The molecule has 2 nitrogen and oxygen atoms in total. The summed E-state index contributed by atoms with van der Waals surface area (Å²) in [6, 6.07) is 14.1. The van der Waals surface area contributed by atoms with Gasteiger partial charge < -0.3 is 10.4 Å². The largest absolute Gasteiger partial charge is 0.394 e. The molecule has 106 valence electrons. The number of hydrogen-bond acceptors (Lipinski definition) is 2. The Morgan fingerprint density at radius 1 is 1.15 bits per heavy atom. The molecule has 1 atom stereocenters. The van der Waals surface area contributed by atoms with Crippen molar-refractivity contribution in [1.29, 1.82) is 0 Å². The molecule has 0 aliphatic rings. The Morgan fingerprint density at radius 2 is 1.80 bits per heavy atom. The molecule has 2 aromatic carbocycles. The van der Waals surface area contributed by atoms with Gasteiger partial charge >= 0.3 is 0 Å². The standard InChI is InChI=1S/C16H17BrFNO/c1-2-16(11-20,14-5-3-4-6-15(14)18)19-13-9-7-12(17)8-10-13/h3-10,19-20H,2,11H2,1H3. The summed E-state index contributed by atoms with van der Waals surface area (Å²) in [6.45, 7) is 1.75. The molecule has 20 heavy (non-hydrogen) atoms. The molecule has 0 saturated carbocycles. The fraction of sp³-hybridized carbons (Fsp3) is 0.250. The van der Waals surface area contributed by atoms with E-state index in [2.05, 4.69) is 21.2 Å². The second-order valence-electron chi connectivity index (χ2n) is 4.71. The van der Waals surface area contributed by atoms with Gasteiger partial charge in [-0.25, -0.2) is 4.39 Å². The van der Waals surface area contributed by atoms with Gasteiger partial charge in [0.2, 0.25) is 0 Å². The molecule has 2 rings (SSSR count). The van der Waals surface area contributed by atoms with Crippen LogP contribution in [0.1, 0.15) is 18.9 Å². The Balaban J connectivity index is 2.39. The fourth-order valence-electron chi connectivity index (χ4n) is 2.24. The van der Waals surface area contributed by atoms with Crippen molar-refractivity contribution in [1.82, 2.24) is 0 Å². The Hall–Kier alpha value is -1.39. The van der Waals surface area contributed by atoms with Crippen LogP contribution in [0.4, 0.5) is 10.1 Å². The van der Waals surface area contributed by atoms with Crippen LogP contribution in [0.3, 0.4) is 0 Å². The fourth-order valence-corrected chi connectivity index (χ4v) is 2.51.